The van der Waals surface area contributed by atoms with Crippen LogP contribution < -0.4 is 0 Å². The SMILES string of the molecule is CCOCCn1cccc1. The van der Waals surface area contributed by atoms with Crippen LogP contribution in [0.3, 0.4) is 0 Å². The number of ether oxygens (including phenoxy) is 1. The smallest absolute Gasteiger partial charge is 0.0645 e. The van der Waals surface area contributed by atoms with Gasteiger partial charge in [-0.2, -0.15) is 0 Å². The van der Waals surface area contributed by atoms with E-state index in [0.717, 1.165) is 19.8 Å². The molecule has 0 amide bonds. The summed E-state index contributed by atoms with van der Waals surface area (Å²) in [6.45, 7) is 4.59. The lowest BCUT2D eigenvalue weighted by molar-refractivity contribution is 0.139. The standard InChI is InChI=1S/C8H13NO/c1-2-10-8-7-9-5-3-4-6-9/h3-6H,2,7-8H2,1H3. The number of aromatic nitrogens is 1. The lowest BCUT2D eigenvalue weighted by Gasteiger charge is -2.01. The van der Waals surface area contributed by atoms with Gasteiger partial charge in [0.25, 0.3) is 0 Å². The molecule has 0 saturated heterocycles. The second-order valence-electron chi connectivity index (χ2n) is 2.12. The van der Waals surface area contributed by atoms with E-state index in [1.807, 2.05) is 31.5 Å². The van der Waals surface area contributed by atoms with Gasteiger partial charge in [0.2, 0.25) is 0 Å². The summed E-state index contributed by atoms with van der Waals surface area (Å²) in [6.07, 6.45) is 4.08. The summed E-state index contributed by atoms with van der Waals surface area (Å²) >= 11 is 0. The van der Waals surface area contributed by atoms with E-state index in [-0.39, 0.29) is 0 Å². The van der Waals surface area contributed by atoms with E-state index < -0.39 is 0 Å². The molecular weight excluding hydrogens is 126 g/mol. The van der Waals surface area contributed by atoms with Gasteiger partial charge in [0, 0.05) is 25.5 Å². The van der Waals surface area contributed by atoms with Gasteiger partial charge in [-0.15, -0.1) is 0 Å². The van der Waals surface area contributed by atoms with Crippen molar-refractivity contribution in [2.75, 3.05) is 13.2 Å². The van der Waals surface area contributed by atoms with E-state index >= 15 is 0 Å². The molecule has 0 N–H and O–H groups in total. The Balaban J connectivity index is 2.15. The highest BCUT2D eigenvalue weighted by Gasteiger charge is 1.86. The quantitative estimate of drug-likeness (QED) is 0.577. The van der Waals surface area contributed by atoms with E-state index in [0.29, 0.717) is 0 Å². The molecule has 10 heavy (non-hydrogen) atoms. The van der Waals surface area contributed by atoms with Gasteiger partial charge in [-0.1, -0.05) is 0 Å². The first kappa shape index (κ1) is 7.35. The number of rotatable bonds is 4. The second-order valence-corrected chi connectivity index (χ2v) is 2.12. The predicted molar refractivity (Wildman–Crippen MR) is 40.9 cm³/mol. The van der Waals surface area contributed by atoms with Crippen molar-refractivity contribution in [1.82, 2.24) is 4.57 Å². The first-order valence-corrected chi connectivity index (χ1v) is 3.62. The van der Waals surface area contributed by atoms with Crippen molar-refractivity contribution in [3.8, 4) is 0 Å². The molecule has 0 atom stereocenters. The Labute approximate surface area is 61.4 Å². The van der Waals surface area contributed by atoms with Crippen LogP contribution in [-0.4, -0.2) is 17.8 Å². The molecule has 1 aromatic rings. The van der Waals surface area contributed by atoms with E-state index in [9.17, 15) is 0 Å². The van der Waals surface area contributed by atoms with Crippen LogP contribution in [0.5, 0.6) is 0 Å². The minimum Gasteiger partial charge on any atom is -0.380 e. The van der Waals surface area contributed by atoms with Gasteiger partial charge in [0.05, 0.1) is 6.61 Å². The molecule has 0 fully saturated rings. The Morgan fingerprint density at radius 2 is 2.00 bits per heavy atom. The first-order valence-electron chi connectivity index (χ1n) is 3.62. The zero-order valence-electron chi connectivity index (χ0n) is 6.29. The van der Waals surface area contributed by atoms with E-state index in [1.165, 1.54) is 0 Å². The Bertz CT molecular complexity index is 158. The Hall–Kier alpha value is -0.760. The fourth-order valence-electron chi connectivity index (χ4n) is 0.834. The number of hydrogen-bond donors (Lipinski definition) is 0. The number of hydrogen-bond acceptors (Lipinski definition) is 1. The molecule has 0 aromatic carbocycles. The summed E-state index contributed by atoms with van der Waals surface area (Å²) in [7, 11) is 0. The van der Waals surface area contributed by atoms with E-state index in [2.05, 4.69) is 4.57 Å². The van der Waals surface area contributed by atoms with E-state index in [4.69, 9.17) is 4.74 Å². The Kier molecular flexibility index (Phi) is 3.03. The molecule has 1 heterocycles. The van der Waals surface area contributed by atoms with Crippen LogP contribution >= 0.6 is 0 Å². The van der Waals surface area contributed by atoms with Gasteiger partial charge >= 0.3 is 0 Å². The van der Waals surface area contributed by atoms with Crippen molar-refractivity contribution in [3.63, 3.8) is 0 Å². The van der Waals surface area contributed by atoms with Crippen LogP contribution in [-0.2, 0) is 11.3 Å². The minimum atomic E-state index is 0.807. The molecule has 0 aliphatic heterocycles. The predicted octanol–water partition coefficient (Wildman–Crippen LogP) is 1.52. The molecule has 2 nitrogen and oxygen atoms in total. The van der Waals surface area contributed by atoms with Crippen molar-refractivity contribution in [2.45, 2.75) is 13.5 Å². The highest BCUT2D eigenvalue weighted by Crippen LogP contribution is 1.89. The van der Waals surface area contributed by atoms with Crippen molar-refractivity contribution in [3.05, 3.63) is 24.5 Å². The maximum Gasteiger partial charge on any atom is 0.0645 e. The fourth-order valence-corrected chi connectivity index (χ4v) is 0.834. The lowest BCUT2D eigenvalue weighted by atomic mass is 10.6. The summed E-state index contributed by atoms with van der Waals surface area (Å²) in [5.41, 5.74) is 0. The molecule has 0 aliphatic carbocycles. The molecule has 0 radical (unpaired) electrons. The normalized spacial score (nSPS) is 10.1. The van der Waals surface area contributed by atoms with Crippen LogP contribution in [0.25, 0.3) is 0 Å². The summed E-state index contributed by atoms with van der Waals surface area (Å²) in [5.74, 6) is 0. The third kappa shape index (κ3) is 2.23. The zero-order valence-corrected chi connectivity index (χ0v) is 6.29. The van der Waals surface area contributed by atoms with Gasteiger partial charge in [-0.05, 0) is 19.1 Å². The van der Waals surface area contributed by atoms with Gasteiger partial charge in [0.15, 0.2) is 0 Å². The van der Waals surface area contributed by atoms with Crippen LogP contribution in [0, 0.1) is 0 Å². The summed E-state index contributed by atoms with van der Waals surface area (Å²) in [5, 5.41) is 0. The Morgan fingerprint density at radius 1 is 1.30 bits per heavy atom. The summed E-state index contributed by atoms with van der Waals surface area (Å²) in [4.78, 5) is 0. The van der Waals surface area contributed by atoms with Gasteiger partial charge in [-0.3, -0.25) is 0 Å². The van der Waals surface area contributed by atoms with E-state index in [1.54, 1.807) is 0 Å². The summed E-state index contributed by atoms with van der Waals surface area (Å²) in [6, 6.07) is 4.04. The van der Waals surface area contributed by atoms with Crippen LogP contribution in [0.1, 0.15) is 6.92 Å². The zero-order chi connectivity index (χ0) is 7.23. The number of nitrogens with zero attached hydrogens (tertiary/aromatic N) is 1. The van der Waals surface area contributed by atoms with Crippen LogP contribution in [0.4, 0.5) is 0 Å². The second kappa shape index (κ2) is 4.12. The largest absolute Gasteiger partial charge is 0.380 e. The molecule has 0 bridgehead atoms. The van der Waals surface area contributed by atoms with Crippen molar-refractivity contribution < 1.29 is 4.74 Å². The van der Waals surface area contributed by atoms with Crippen molar-refractivity contribution in [2.24, 2.45) is 0 Å². The maximum absolute atomic E-state index is 5.19. The molecule has 1 rings (SSSR count). The molecule has 0 saturated carbocycles. The van der Waals surface area contributed by atoms with Gasteiger partial charge < -0.3 is 9.30 Å². The third-order valence-electron chi connectivity index (χ3n) is 1.36. The fraction of sp³-hybridized carbons (Fsp3) is 0.500. The summed E-state index contributed by atoms with van der Waals surface area (Å²) < 4.78 is 7.29. The highest BCUT2D eigenvalue weighted by atomic mass is 16.5. The van der Waals surface area contributed by atoms with Crippen molar-refractivity contribution in [1.29, 1.82) is 0 Å². The molecule has 2 heteroatoms. The molecule has 0 spiro atoms. The van der Waals surface area contributed by atoms with Gasteiger partial charge in [0.1, 0.15) is 0 Å². The highest BCUT2D eigenvalue weighted by molar-refractivity contribution is 4.89. The van der Waals surface area contributed by atoms with Gasteiger partial charge in [-0.25, -0.2) is 0 Å². The lowest BCUT2D eigenvalue weighted by Crippen LogP contribution is -2.02. The molecule has 56 valence electrons. The maximum atomic E-state index is 5.19. The third-order valence-corrected chi connectivity index (χ3v) is 1.36. The molecule has 0 aliphatic rings. The van der Waals surface area contributed by atoms with Crippen LogP contribution in [0.15, 0.2) is 24.5 Å². The molecule has 1 aromatic heterocycles. The Morgan fingerprint density at radius 3 is 2.60 bits per heavy atom. The average Bonchev–Trinajstić information content (AvgIpc) is 2.41. The van der Waals surface area contributed by atoms with Crippen LogP contribution in [0.2, 0.25) is 0 Å². The minimum absolute atomic E-state index is 0.807. The molecule has 0 unspecified atom stereocenters. The average molecular weight is 139 g/mol. The molecular formula is C8H13NO. The topological polar surface area (TPSA) is 14.2 Å². The monoisotopic (exact) mass is 139 g/mol. The first-order chi connectivity index (χ1) is 4.93. The van der Waals surface area contributed by atoms with Crippen molar-refractivity contribution >= 4 is 0 Å².